The molecule has 0 fully saturated rings. The first-order chi connectivity index (χ1) is 7.67. The van der Waals surface area contributed by atoms with Gasteiger partial charge in [-0.05, 0) is 31.7 Å². The van der Waals surface area contributed by atoms with Crippen LogP contribution in [0, 0.1) is 11.3 Å². The highest BCUT2D eigenvalue weighted by atomic mass is 16.5. The van der Waals surface area contributed by atoms with Gasteiger partial charge in [-0.3, -0.25) is 4.90 Å². The lowest BCUT2D eigenvalue weighted by atomic mass is 10.1. The van der Waals surface area contributed by atoms with Crippen molar-refractivity contribution in [2.45, 2.75) is 19.5 Å². The first-order valence-corrected chi connectivity index (χ1v) is 5.35. The molecule has 0 saturated heterocycles. The minimum atomic E-state index is 0.371. The van der Waals surface area contributed by atoms with Crippen LogP contribution in [0.3, 0.4) is 0 Å². The molecule has 0 spiro atoms. The van der Waals surface area contributed by atoms with E-state index in [0.29, 0.717) is 18.2 Å². The number of benzene rings is 1. The maximum Gasteiger partial charge on any atom is 0.0991 e. The minimum Gasteiger partial charge on any atom is -0.383 e. The van der Waals surface area contributed by atoms with E-state index in [1.54, 1.807) is 7.11 Å². The Morgan fingerprint density at radius 2 is 2.25 bits per heavy atom. The van der Waals surface area contributed by atoms with E-state index >= 15 is 0 Å². The summed E-state index contributed by atoms with van der Waals surface area (Å²) >= 11 is 0. The number of rotatable bonds is 5. The summed E-state index contributed by atoms with van der Waals surface area (Å²) in [5, 5.41) is 8.81. The number of likely N-dealkylation sites (N-methyl/N-ethyl adjacent to an activating group) is 1. The summed E-state index contributed by atoms with van der Waals surface area (Å²) in [6, 6.07) is 10.2. The molecule has 86 valence electrons. The van der Waals surface area contributed by atoms with E-state index in [-0.39, 0.29) is 0 Å². The molecule has 1 unspecified atom stereocenters. The number of methoxy groups -OCH3 is 1. The standard InChI is InChI=1S/C13H18N2O/c1-11(10-16-3)15(2)9-13-6-4-5-12(7-13)8-14/h4-7,11H,9-10H2,1-3H3. The number of hydrogen-bond acceptors (Lipinski definition) is 3. The van der Waals surface area contributed by atoms with Gasteiger partial charge in [0.1, 0.15) is 0 Å². The van der Waals surface area contributed by atoms with Crippen LogP contribution in [0.25, 0.3) is 0 Å². The van der Waals surface area contributed by atoms with Crippen LogP contribution < -0.4 is 0 Å². The third-order valence-electron chi connectivity index (χ3n) is 2.65. The third-order valence-corrected chi connectivity index (χ3v) is 2.65. The molecule has 0 aliphatic rings. The van der Waals surface area contributed by atoms with Crippen molar-refractivity contribution in [1.29, 1.82) is 5.26 Å². The molecule has 0 bridgehead atoms. The van der Waals surface area contributed by atoms with Crippen LogP contribution >= 0.6 is 0 Å². The van der Waals surface area contributed by atoms with Gasteiger partial charge in [-0.25, -0.2) is 0 Å². The summed E-state index contributed by atoms with van der Waals surface area (Å²) < 4.78 is 5.11. The Bertz CT molecular complexity index is 370. The Labute approximate surface area is 97.3 Å². The lowest BCUT2D eigenvalue weighted by Crippen LogP contribution is -2.32. The second kappa shape index (κ2) is 6.26. The Morgan fingerprint density at radius 1 is 1.50 bits per heavy atom. The summed E-state index contributed by atoms with van der Waals surface area (Å²) in [4.78, 5) is 2.21. The van der Waals surface area contributed by atoms with Crippen molar-refractivity contribution in [3.05, 3.63) is 35.4 Å². The zero-order valence-electron chi connectivity index (χ0n) is 10.1. The molecule has 1 rings (SSSR count). The van der Waals surface area contributed by atoms with Crippen molar-refractivity contribution in [3.63, 3.8) is 0 Å². The smallest absolute Gasteiger partial charge is 0.0991 e. The molecule has 0 aromatic heterocycles. The average Bonchev–Trinajstić information content (AvgIpc) is 2.29. The zero-order chi connectivity index (χ0) is 12.0. The van der Waals surface area contributed by atoms with E-state index in [4.69, 9.17) is 10.00 Å². The highest BCUT2D eigenvalue weighted by molar-refractivity contribution is 5.32. The maximum atomic E-state index is 8.81. The molecule has 0 amide bonds. The van der Waals surface area contributed by atoms with Crippen molar-refractivity contribution >= 4 is 0 Å². The Morgan fingerprint density at radius 3 is 2.88 bits per heavy atom. The fraction of sp³-hybridized carbons (Fsp3) is 0.462. The molecule has 1 aromatic carbocycles. The third kappa shape index (κ3) is 3.65. The van der Waals surface area contributed by atoms with Crippen LogP contribution in [0.2, 0.25) is 0 Å². The van der Waals surface area contributed by atoms with Gasteiger partial charge in [0.25, 0.3) is 0 Å². The number of nitrogens with zero attached hydrogens (tertiary/aromatic N) is 2. The largest absolute Gasteiger partial charge is 0.383 e. The van der Waals surface area contributed by atoms with Crippen molar-refractivity contribution in [2.75, 3.05) is 20.8 Å². The molecule has 3 heteroatoms. The van der Waals surface area contributed by atoms with Crippen LogP contribution in [0.5, 0.6) is 0 Å². The number of nitriles is 1. The van der Waals surface area contributed by atoms with Gasteiger partial charge < -0.3 is 4.74 Å². The molecular formula is C13H18N2O. The summed E-state index contributed by atoms with van der Waals surface area (Å²) in [6.45, 7) is 3.67. The Kier molecular flexibility index (Phi) is 4.97. The van der Waals surface area contributed by atoms with Gasteiger partial charge in [-0.15, -0.1) is 0 Å². The van der Waals surface area contributed by atoms with E-state index < -0.39 is 0 Å². The minimum absolute atomic E-state index is 0.371. The predicted octanol–water partition coefficient (Wildman–Crippen LogP) is 2.02. The summed E-state index contributed by atoms with van der Waals surface area (Å²) in [7, 11) is 3.77. The lowest BCUT2D eigenvalue weighted by Gasteiger charge is -2.24. The molecule has 16 heavy (non-hydrogen) atoms. The molecule has 1 atom stereocenters. The molecule has 0 radical (unpaired) electrons. The molecule has 0 aliphatic carbocycles. The molecule has 0 N–H and O–H groups in total. The fourth-order valence-electron chi connectivity index (χ4n) is 1.55. The van der Waals surface area contributed by atoms with Crippen molar-refractivity contribution in [3.8, 4) is 6.07 Å². The highest BCUT2D eigenvalue weighted by Crippen LogP contribution is 2.08. The van der Waals surface area contributed by atoms with E-state index in [1.807, 2.05) is 24.3 Å². The van der Waals surface area contributed by atoms with E-state index in [1.165, 1.54) is 0 Å². The van der Waals surface area contributed by atoms with Crippen LogP contribution in [-0.2, 0) is 11.3 Å². The fourth-order valence-corrected chi connectivity index (χ4v) is 1.55. The first-order valence-electron chi connectivity index (χ1n) is 5.35. The molecule has 0 saturated carbocycles. The first kappa shape index (κ1) is 12.7. The molecule has 1 aromatic rings. The topological polar surface area (TPSA) is 36.3 Å². The van der Waals surface area contributed by atoms with E-state index in [9.17, 15) is 0 Å². The second-order valence-corrected chi connectivity index (χ2v) is 4.03. The second-order valence-electron chi connectivity index (χ2n) is 4.03. The van der Waals surface area contributed by atoms with E-state index in [2.05, 4.69) is 24.9 Å². The summed E-state index contributed by atoms with van der Waals surface area (Å²) in [5.74, 6) is 0. The molecule has 3 nitrogen and oxygen atoms in total. The number of hydrogen-bond donors (Lipinski definition) is 0. The SMILES string of the molecule is COCC(C)N(C)Cc1cccc(C#N)c1. The van der Waals surface area contributed by atoms with Crippen molar-refractivity contribution in [2.24, 2.45) is 0 Å². The van der Waals surface area contributed by atoms with Gasteiger partial charge >= 0.3 is 0 Å². The van der Waals surface area contributed by atoms with Gasteiger partial charge in [-0.1, -0.05) is 12.1 Å². The summed E-state index contributed by atoms with van der Waals surface area (Å²) in [5.41, 5.74) is 1.87. The van der Waals surface area contributed by atoms with Crippen LogP contribution in [0.15, 0.2) is 24.3 Å². The van der Waals surface area contributed by atoms with Gasteiger partial charge in [-0.2, -0.15) is 5.26 Å². The molecule has 0 heterocycles. The van der Waals surface area contributed by atoms with Crippen LogP contribution in [0.4, 0.5) is 0 Å². The average molecular weight is 218 g/mol. The lowest BCUT2D eigenvalue weighted by molar-refractivity contribution is 0.112. The zero-order valence-corrected chi connectivity index (χ0v) is 10.1. The highest BCUT2D eigenvalue weighted by Gasteiger charge is 2.09. The van der Waals surface area contributed by atoms with Gasteiger partial charge in [0.05, 0.1) is 18.2 Å². The molecule has 0 aliphatic heterocycles. The normalized spacial score (nSPS) is 12.4. The van der Waals surface area contributed by atoms with Crippen molar-refractivity contribution < 1.29 is 4.74 Å². The van der Waals surface area contributed by atoms with Gasteiger partial charge in [0.15, 0.2) is 0 Å². The predicted molar refractivity (Wildman–Crippen MR) is 64.0 cm³/mol. The monoisotopic (exact) mass is 218 g/mol. The van der Waals surface area contributed by atoms with E-state index in [0.717, 1.165) is 12.1 Å². The number of ether oxygens (including phenoxy) is 1. The Hall–Kier alpha value is -1.37. The molecular weight excluding hydrogens is 200 g/mol. The summed E-state index contributed by atoms with van der Waals surface area (Å²) in [6.07, 6.45) is 0. The Balaban J connectivity index is 2.62. The van der Waals surface area contributed by atoms with Crippen molar-refractivity contribution in [1.82, 2.24) is 4.90 Å². The maximum absolute atomic E-state index is 8.81. The van der Waals surface area contributed by atoms with Crippen LogP contribution in [0.1, 0.15) is 18.1 Å². The van der Waals surface area contributed by atoms with Gasteiger partial charge in [0, 0.05) is 19.7 Å². The quantitative estimate of drug-likeness (QED) is 0.758. The van der Waals surface area contributed by atoms with Gasteiger partial charge in [0.2, 0.25) is 0 Å². The van der Waals surface area contributed by atoms with Crippen LogP contribution in [-0.4, -0.2) is 31.7 Å².